The van der Waals surface area contributed by atoms with E-state index in [2.05, 4.69) is 17.1 Å². The second kappa shape index (κ2) is 10.3. The molecule has 3 rings (SSSR count). The molecule has 0 spiro atoms. The minimum atomic E-state index is -1.28. The fourth-order valence-corrected chi connectivity index (χ4v) is 6.12. The summed E-state index contributed by atoms with van der Waals surface area (Å²) in [4.78, 5) is 15.3. The van der Waals surface area contributed by atoms with Gasteiger partial charge < -0.3 is 25.4 Å². The van der Waals surface area contributed by atoms with Crippen molar-refractivity contribution in [2.45, 2.75) is 93.8 Å². The van der Waals surface area contributed by atoms with E-state index >= 15 is 0 Å². The van der Waals surface area contributed by atoms with Crippen molar-refractivity contribution in [3.8, 4) is 0 Å². The molecule has 0 aromatic carbocycles. The molecule has 0 unspecified atom stereocenters. The summed E-state index contributed by atoms with van der Waals surface area (Å²) in [5, 5.41) is 34.5. The van der Waals surface area contributed by atoms with Gasteiger partial charge in [-0.25, -0.2) is 0 Å². The minimum Gasteiger partial charge on any atom is -0.388 e. The first kappa shape index (κ1) is 23.3. The monoisotopic (exact) mass is 430 g/mol. The first-order chi connectivity index (χ1) is 13.9. The zero-order chi connectivity index (χ0) is 21.1. The third-order valence-corrected chi connectivity index (χ3v) is 7.90. The SMILES string of the molecule is CCC[C@@H]1C[C@@H](C(=O)N[C@H](C2CCCC2)[C@H]2O[C@H](SC)[C@H](O)[C@@H](O)[C@H]2O)N(C)C1. The largest absolute Gasteiger partial charge is 0.388 e. The molecule has 1 amide bonds. The maximum atomic E-state index is 13.2. The number of hydrogen-bond donors (Lipinski definition) is 4. The number of rotatable bonds is 7. The lowest BCUT2D eigenvalue weighted by Crippen LogP contribution is -2.64. The second-order valence-electron chi connectivity index (χ2n) is 9.10. The zero-order valence-electron chi connectivity index (χ0n) is 17.9. The summed E-state index contributed by atoms with van der Waals surface area (Å²) < 4.78 is 6.03. The van der Waals surface area contributed by atoms with Crippen LogP contribution in [0.3, 0.4) is 0 Å². The van der Waals surface area contributed by atoms with Gasteiger partial charge in [-0.2, -0.15) is 0 Å². The second-order valence-corrected chi connectivity index (χ2v) is 10.0. The van der Waals surface area contributed by atoms with Crippen molar-refractivity contribution in [3.05, 3.63) is 0 Å². The Labute approximate surface area is 178 Å². The molecule has 1 aliphatic carbocycles. The highest BCUT2D eigenvalue weighted by Crippen LogP contribution is 2.36. The number of likely N-dealkylation sites (N-methyl/N-ethyl adjacent to an activating group) is 1. The molecule has 0 bridgehead atoms. The Bertz CT molecular complexity index is 545. The van der Waals surface area contributed by atoms with E-state index in [1.807, 2.05) is 7.05 Å². The molecular formula is C21H38N2O5S. The standard InChI is InChI=1S/C21H38N2O5S/c1-4-7-12-10-14(23(2)11-12)20(27)22-15(13-8-5-6-9-13)19-17(25)16(24)18(26)21(28-19)29-3/h12-19,21,24-26H,4-11H2,1-3H3,(H,22,27)/t12-,14+,15-,16+,17-,18-,19-,21-/m1/s1. The van der Waals surface area contributed by atoms with Gasteiger partial charge in [0.1, 0.15) is 29.9 Å². The molecule has 8 atom stereocenters. The molecule has 3 fully saturated rings. The summed E-state index contributed by atoms with van der Waals surface area (Å²) in [5.74, 6) is 0.738. The van der Waals surface area contributed by atoms with Gasteiger partial charge in [-0.1, -0.05) is 26.2 Å². The molecule has 7 nitrogen and oxygen atoms in total. The Morgan fingerprint density at radius 2 is 1.90 bits per heavy atom. The number of amides is 1. The van der Waals surface area contributed by atoms with Gasteiger partial charge in [0.2, 0.25) is 5.91 Å². The number of aliphatic hydroxyl groups is 3. The molecule has 0 aromatic heterocycles. The molecule has 29 heavy (non-hydrogen) atoms. The lowest BCUT2D eigenvalue weighted by Gasteiger charge is -2.45. The Morgan fingerprint density at radius 3 is 2.52 bits per heavy atom. The Kier molecular flexibility index (Phi) is 8.26. The smallest absolute Gasteiger partial charge is 0.237 e. The van der Waals surface area contributed by atoms with Gasteiger partial charge in [-0.15, -0.1) is 11.8 Å². The first-order valence-electron chi connectivity index (χ1n) is 11.1. The summed E-state index contributed by atoms with van der Waals surface area (Å²) >= 11 is 1.31. The van der Waals surface area contributed by atoms with Crippen molar-refractivity contribution < 1.29 is 24.9 Å². The van der Waals surface area contributed by atoms with Crippen molar-refractivity contribution in [2.75, 3.05) is 19.8 Å². The van der Waals surface area contributed by atoms with E-state index in [0.717, 1.165) is 51.5 Å². The molecule has 8 heteroatoms. The number of aliphatic hydroxyl groups excluding tert-OH is 3. The number of nitrogens with one attached hydrogen (secondary N) is 1. The van der Waals surface area contributed by atoms with E-state index in [-0.39, 0.29) is 23.9 Å². The third-order valence-electron chi connectivity index (χ3n) is 7.04. The number of carbonyl (C=O) groups is 1. The molecule has 0 aromatic rings. The topological polar surface area (TPSA) is 102 Å². The van der Waals surface area contributed by atoms with Gasteiger partial charge >= 0.3 is 0 Å². The number of hydrogen-bond acceptors (Lipinski definition) is 7. The van der Waals surface area contributed by atoms with E-state index < -0.39 is 29.9 Å². The summed E-state index contributed by atoms with van der Waals surface area (Å²) in [6.45, 7) is 3.11. The normalized spacial score (nSPS) is 40.3. The molecule has 3 aliphatic rings. The van der Waals surface area contributed by atoms with Crippen LogP contribution in [-0.4, -0.2) is 87.9 Å². The molecule has 2 aliphatic heterocycles. The van der Waals surface area contributed by atoms with E-state index in [4.69, 9.17) is 4.74 Å². The van der Waals surface area contributed by atoms with E-state index in [0.29, 0.717) is 5.92 Å². The number of ether oxygens (including phenoxy) is 1. The van der Waals surface area contributed by atoms with Crippen LogP contribution in [0.2, 0.25) is 0 Å². The van der Waals surface area contributed by atoms with Crippen LogP contribution in [0.1, 0.15) is 51.9 Å². The summed E-state index contributed by atoms with van der Waals surface area (Å²) in [5.41, 5.74) is -0.623. The van der Waals surface area contributed by atoms with Gasteiger partial charge in [0.15, 0.2) is 0 Å². The van der Waals surface area contributed by atoms with Crippen molar-refractivity contribution >= 4 is 17.7 Å². The predicted molar refractivity (Wildman–Crippen MR) is 114 cm³/mol. The molecule has 2 saturated heterocycles. The van der Waals surface area contributed by atoms with Gasteiger partial charge in [0.05, 0.1) is 12.1 Å². The quantitative estimate of drug-likeness (QED) is 0.477. The molecule has 0 radical (unpaired) electrons. The average molecular weight is 431 g/mol. The lowest BCUT2D eigenvalue weighted by molar-refractivity contribution is -0.208. The van der Waals surface area contributed by atoms with Crippen molar-refractivity contribution in [1.29, 1.82) is 0 Å². The van der Waals surface area contributed by atoms with Gasteiger partial charge in [0.25, 0.3) is 0 Å². The Hall–Kier alpha value is -0.380. The number of nitrogens with zero attached hydrogens (tertiary/aromatic N) is 1. The third kappa shape index (κ3) is 5.10. The summed E-state index contributed by atoms with van der Waals surface area (Å²) in [6.07, 6.45) is 4.67. The average Bonchev–Trinajstić information content (AvgIpc) is 3.35. The van der Waals surface area contributed by atoms with Crippen LogP contribution in [0.15, 0.2) is 0 Å². The number of carbonyl (C=O) groups excluding carboxylic acids is 1. The zero-order valence-corrected chi connectivity index (χ0v) is 18.7. The van der Waals surface area contributed by atoms with Gasteiger partial charge in [0, 0.05) is 6.54 Å². The highest BCUT2D eigenvalue weighted by atomic mass is 32.2. The van der Waals surface area contributed by atoms with Gasteiger partial charge in [-0.05, 0) is 50.8 Å². The minimum absolute atomic E-state index is 0.0138. The fourth-order valence-electron chi connectivity index (χ4n) is 5.44. The maximum absolute atomic E-state index is 13.2. The van der Waals surface area contributed by atoms with Crippen LogP contribution in [0.5, 0.6) is 0 Å². The fraction of sp³-hybridized carbons (Fsp3) is 0.952. The maximum Gasteiger partial charge on any atom is 0.237 e. The summed E-state index contributed by atoms with van der Waals surface area (Å²) in [6, 6.07) is -0.529. The van der Waals surface area contributed by atoms with E-state index in [1.54, 1.807) is 6.26 Å². The highest BCUT2D eigenvalue weighted by molar-refractivity contribution is 7.99. The lowest BCUT2D eigenvalue weighted by atomic mass is 9.86. The molecule has 168 valence electrons. The van der Waals surface area contributed by atoms with E-state index in [1.165, 1.54) is 11.8 Å². The molecule has 2 heterocycles. The van der Waals surface area contributed by atoms with Crippen LogP contribution < -0.4 is 5.32 Å². The Balaban J connectivity index is 1.74. The number of thioether (sulfide) groups is 1. The van der Waals surface area contributed by atoms with Crippen molar-refractivity contribution in [3.63, 3.8) is 0 Å². The van der Waals surface area contributed by atoms with Crippen molar-refractivity contribution in [2.24, 2.45) is 11.8 Å². The van der Waals surface area contributed by atoms with Crippen LogP contribution in [0.4, 0.5) is 0 Å². The van der Waals surface area contributed by atoms with Crippen LogP contribution in [0.25, 0.3) is 0 Å². The number of likely N-dealkylation sites (tertiary alicyclic amines) is 1. The van der Waals surface area contributed by atoms with Gasteiger partial charge in [-0.3, -0.25) is 9.69 Å². The summed E-state index contributed by atoms with van der Waals surface area (Å²) in [7, 11) is 2.00. The molecular weight excluding hydrogens is 392 g/mol. The van der Waals surface area contributed by atoms with Crippen LogP contribution in [0, 0.1) is 11.8 Å². The Morgan fingerprint density at radius 1 is 1.21 bits per heavy atom. The highest BCUT2D eigenvalue weighted by Gasteiger charge is 2.49. The van der Waals surface area contributed by atoms with Crippen LogP contribution in [-0.2, 0) is 9.53 Å². The van der Waals surface area contributed by atoms with E-state index in [9.17, 15) is 20.1 Å². The molecule has 4 N–H and O–H groups in total. The predicted octanol–water partition coefficient (Wildman–Crippen LogP) is 0.952. The van der Waals surface area contributed by atoms with Crippen molar-refractivity contribution in [1.82, 2.24) is 10.2 Å². The molecule has 1 saturated carbocycles. The first-order valence-corrected chi connectivity index (χ1v) is 12.4. The van der Waals surface area contributed by atoms with Crippen LogP contribution >= 0.6 is 11.8 Å².